The third-order valence-electron chi connectivity index (χ3n) is 3.17. The molecule has 0 spiro atoms. The van der Waals surface area contributed by atoms with Crippen LogP contribution in [0.5, 0.6) is 5.75 Å². The van der Waals surface area contributed by atoms with Crippen molar-refractivity contribution in [3.05, 3.63) is 66.0 Å². The maximum atomic E-state index is 12.2. The summed E-state index contributed by atoms with van der Waals surface area (Å²) in [5, 5.41) is 12.1. The lowest BCUT2D eigenvalue weighted by molar-refractivity contribution is 0.0990. The van der Waals surface area contributed by atoms with Gasteiger partial charge in [0.05, 0.1) is 19.2 Å². The van der Waals surface area contributed by atoms with E-state index in [2.05, 4.69) is 15.4 Å². The van der Waals surface area contributed by atoms with E-state index < -0.39 is 0 Å². The van der Waals surface area contributed by atoms with E-state index in [0.717, 1.165) is 5.69 Å². The quantitative estimate of drug-likeness (QED) is 0.674. The molecule has 22 heavy (non-hydrogen) atoms. The Hall–Kier alpha value is -3.02. The van der Waals surface area contributed by atoms with Gasteiger partial charge in [-0.15, -0.1) is 15.0 Å². The number of methoxy groups -OCH3 is 1. The van der Waals surface area contributed by atoms with Gasteiger partial charge in [-0.1, -0.05) is 18.2 Å². The molecule has 1 aromatic heterocycles. The largest absolute Gasteiger partial charge is 0.497 e. The maximum Gasteiger partial charge on any atom is 0.182 e. The Morgan fingerprint density at radius 2 is 1.82 bits per heavy atom. The van der Waals surface area contributed by atoms with E-state index in [9.17, 15) is 4.79 Å². The average Bonchev–Trinajstić information content (AvgIpc) is 3.04. The van der Waals surface area contributed by atoms with Crippen LogP contribution in [0.3, 0.4) is 0 Å². The molecule has 6 heteroatoms. The number of rotatable bonds is 5. The first-order chi connectivity index (χ1) is 10.8. The molecule has 0 unspecified atom stereocenters. The Labute approximate surface area is 127 Å². The number of hydrogen-bond acceptors (Lipinski definition) is 5. The number of ketones is 1. The Kier molecular flexibility index (Phi) is 3.91. The van der Waals surface area contributed by atoms with Gasteiger partial charge < -0.3 is 4.74 Å². The topological polar surface area (TPSA) is 69.9 Å². The third kappa shape index (κ3) is 3.01. The number of aromatic nitrogens is 4. The fraction of sp³-hybridized carbons (Fsp3) is 0.125. The summed E-state index contributed by atoms with van der Waals surface area (Å²) in [5.74, 6) is 1.05. The van der Waals surface area contributed by atoms with Gasteiger partial charge in [0, 0.05) is 5.56 Å². The zero-order valence-corrected chi connectivity index (χ0v) is 12.0. The van der Waals surface area contributed by atoms with Gasteiger partial charge in [0.2, 0.25) is 0 Å². The minimum Gasteiger partial charge on any atom is -0.497 e. The molecule has 0 atom stereocenters. The molecule has 0 fully saturated rings. The number of tetrazole rings is 1. The first-order valence-corrected chi connectivity index (χ1v) is 6.78. The first kappa shape index (κ1) is 13.9. The maximum absolute atomic E-state index is 12.2. The molecule has 6 nitrogen and oxygen atoms in total. The number of carbonyl (C=O) groups is 1. The summed E-state index contributed by atoms with van der Waals surface area (Å²) >= 11 is 0. The molecule has 0 saturated heterocycles. The molecule has 110 valence electrons. The van der Waals surface area contributed by atoms with Crippen LogP contribution in [0.25, 0.3) is 5.69 Å². The normalized spacial score (nSPS) is 10.4. The van der Waals surface area contributed by atoms with Crippen LogP contribution >= 0.6 is 0 Å². The van der Waals surface area contributed by atoms with Crippen molar-refractivity contribution in [3.8, 4) is 11.4 Å². The minimum absolute atomic E-state index is 0.0599. The van der Waals surface area contributed by atoms with E-state index in [4.69, 9.17) is 4.74 Å². The highest BCUT2D eigenvalue weighted by atomic mass is 16.5. The van der Waals surface area contributed by atoms with Gasteiger partial charge in [-0.2, -0.15) is 0 Å². The molecule has 0 bridgehead atoms. The molecule has 1 heterocycles. The minimum atomic E-state index is -0.0599. The highest BCUT2D eigenvalue weighted by Crippen LogP contribution is 2.13. The van der Waals surface area contributed by atoms with Crippen molar-refractivity contribution < 1.29 is 9.53 Å². The Balaban J connectivity index is 1.73. The van der Waals surface area contributed by atoms with Gasteiger partial charge in [-0.25, -0.2) is 0 Å². The number of benzene rings is 2. The second-order valence-electron chi connectivity index (χ2n) is 4.66. The Bertz CT molecular complexity index is 766. The van der Waals surface area contributed by atoms with E-state index in [1.54, 1.807) is 31.4 Å². The van der Waals surface area contributed by atoms with Gasteiger partial charge in [0.25, 0.3) is 0 Å². The number of ether oxygens (including phenoxy) is 1. The number of carbonyl (C=O) groups excluding carboxylic acids is 1. The second kappa shape index (κ2) is 6.17. The molecule has 0 radical (unpaired) electrons. The van der Waals surface area contributed by atoms with Crippen LogP contribution in [0.4, 0.5) is 0 Å². The SMILES string of the molecule is COc1ccc(C(=O)Cc2nnn(-c3ccccc3)n2)cc1. The predicted octanol–water partition coefficient (Wildman–Crippen LogP) is 2.10. The van der Waals surface area contributed by atoms with Crippen LogP contribution in [-0.4, -0.2) is 33.1 Å². The zero-order chi connectivity index (χ0) is 15.4. The molecule has 2 aromatic carbocycles. The summed E-state index contributed by atoms with van der Waals surface area (Å²) in [6.07, 6.45) is 0.110. The van der Waals surface area contributed by atoms with Crippen molar-refractivity contribution >= 4 is 5.78 Å². The monoisotopic (exact) mass is 294 g/mol. The molecule has 0 aliphatic heterocycles. The standard InChI is InChI=1S/C16H14N4O2/c1-22-14-9-7-12(8-10-14)15(21)11-16-17-19-20(18-16)13-5-3-2-4-6-13/h2-10H,11H2,1H3. The van der Waals surface area contributed by atoms with Crippen LogP contribution < -0.4 is 4.74 Å². The lowest BCUT2D eigenvalue weighted by atomic mass is 10.1. The van der Waals surface area contributed by atoms with Crippen LogP contribution in [0.2, 0.25) is 0 Å². The zero-order valence-electron chi connectivity index (χ0n) is 12.0. The van der Waals surface area contributed by atoms with Gasteiger partial charge in [0.15, 0.2) is 11.6 Å². The lowest BCUT2D eigenvalue weighted by Gasteiger charge is -2.01. The summed E-state index contributed by atoms with van der Waals surface area (Å²) < 4.78 is 5.07. The van der Waals surface area contributed by atoms with Crippen LogP contribution in [0.15, 0.2) is 54.6 Å². The molecule has 3 rings (SSSR count). The number of para-hydroxylation sites is 1. The molecule has 0 aliphatic carbocycles. The highest BCUT2D eigenvalue weighted by molar-refractivity contribution is 5.97. The van der Waals surface area contributed by atoms with Crippen molar-refractivity contribution in [1.82, 2.24) is 20.2 Å². The second-order valence-corrected chi connectivity index (χ2v) is 4.66. The van der Waals surface area contributed by atoms with E-state index in [1.807, 2.05) is 30.3 Å². The van der Waals surface area contributed by atoms with Crippen molar-refractivity contribution in [2.24, 2.45) is 0 Å². The van der Waals surface area contributed by atoms with E-state index in [-0.39, 0.29) is 12.2 Å². The van der Waals surface area contributed by atoms with E-state index in [0.29, 0.717) is 17.1 Å². The number of Topliss-reactive ketones (excluding diaryl/α,β-unsaturated/α-hetero) is 1. The summed E-state index contributed by atoms with van der Waals surface area (Å²) in [4.78, 5) is 13.6. The molecule has 0 aliphatic rings. The van der Waals surface area contributed by atoms with Crippen molar-refractivity contribution in [2.45, 2.75) is 6.42 Å². The molecule has 0 saturated carbocycles. The smallest absolute Gasteiger partial charge is 0.182 e. The fourth-order valence-corrected chi connectivity index (χ4v) is 2.01. The van der Waals surface area contributed by atoms with Crippen molar-refractivity contribution in [3.63, 3.8) is 0 Å². The predicted molar refractivity (Wildman–Crippen MR) is 80.2 cm³/mol. The number of nitrogens with zero attached hydrogens (tertiary/aromatic N) is 4. The van der Waals surface area contributed by atoms with Crippen LogP contribution in [0, 0.1) is 0 Å². The highest BCUT2D eigenvalue weighted by Gasteiger charge is 2.12. The van der Waals surface area contributed by atoms with Gasteiger partial charge >= 0.3 is 0 Å². The fourth-order valence-electron chi connectivity index (χ4n) is 2.01. The van der Waals surface area contributed by atoms with Gasteiger partial charge in [0.1, 0.15) is 5.75 Å². The number of hydrogen-bond donors (Lipinski definition) is 0. The van der Waals surface area contributed by atoms with Crippen molar-refractivity contribution in [2.75, 3.05) is 7.11 Å². The van der Waals surface area contributed by atoms with E-state index in [1.165, 1.54) is 4.80 Å². The molecule has 0 amide bonds. The van der Waals surface area contributed by atoms with Crippen molar-refractivity contribution in [1.29, 1.82) is 0 Å². The summed E-state index contributed by atoms with van der Waals surface area (Å²) in [6.45, 7) is 0. The van der Waals surface area contributed by atoms with Crippen LogP contribution in [-0.2, 0) is 6.42 Å². The average molecular weight is 294 g/mol. The summed E-state index contributed by atoms with van der Waals surface area (Å²) in [7, 11) is 1.59. The van der Waals surface area contributed by atoms with Gasteiger partial charge in [-0.05, 0) is 41.6 Å². The van der Waals surface area contributed by atoms with E-state index >= 15 is 0 Å². The molecule has 3 aromatic rings. The third-order valence-corrected chi connectivity index (χ3v) is 3.17. The Morgan fingerprint density at radius 3 is 2.50 bits per heavy atom. The Morgan fingerprint density at radius 1 is 1.09 bits per heavy atom. The molecular formula is C16H14N4O2. The molecular weight excluding hydrogens is 280 g/mol. The summed E-state index contributed by atoms with van der Waals surface area (Å²) in [5.41, 5.74) is 1.40. The van der Waals surface area contributed by atoms with Gasteiger partial charge in [-0.3, -0.25) is 4.79 Å². The first-order valence-electron chi connectivity index (χ1n) is 6.78. The summed E-state index contributed by atoms with van der Waals surface area (Å²) in [6, 6.07) is 16.4. The lowest BCUT2D eigenvalue weighted by Crippen LogP contribution is -2.06. The van der Waals surface area contributed by atoms with Crippen LogP contribution in [0.1, 0.15) is 16.2 Å². The molecule has 0 N–H and O–H groups in total.